The Kier molecular flexibility index (Phi) is 9.88. The van der Waals surface area contributed by atoms with Crippen LogP contribution in [0.5, 0.6) is 0 Å². The average molecular weight is 801 g/mol. The Hall–Kier alpha value is -4.62. The molecule has 48 heavy (non-hydrogen) atoms. The normalized spacial score (nSPS) is 17.0. The van der Waals surface area contributed by atoms with Crippen molar-refractivity contribution in [1.29, 1.82) is 0 Å². The molecular formula is C36H24Br2N4O4S2. The predicted molar refractivity (Wildman–Crippen MR) is 201 cm³/mol. The van der Waals surface area contributed by atoms with Crippen LogP contribution >= 0.6 is 56.3 Å². The first-order chi connectivity index (χ1) is 23.2. The summed E-state index contributed by atoms with van der Waals surface area (Å²) in [5.41, 5.74) is 3.28. The van der Waals surface area contributed by atoms with E-state index in [1.54, 1.807) is 48.5 Å². The SMILES string of the molecule is O=C1C(=O)N(c2ccc(Br)cc2)C(=S)/C1=C(/NCCN/C(=C1\C(=O)C(=O)N(c2ccc(Br)cc2)C1=S)c1ccccc1)c1ccccc1. The first kappa shape index (κ1) is 33.3. The van der Waals surface area contributed by atoms with Crippen LogP contribution in [0, 0.1) is 0 Å². The molecule has 4 aromatic rings. The van der Waals surface area contributed by atoms with Gasteiger partial charge in [-0.15, -0.1) is 0 Å². The maximum atomic E-state index is 13.5. The second-order valence-corrected chi connectivity index (χ2v) is 13.2. The number of ketones is 2. The van der Waals surface area contributed by atoms with Gasteiger partial charge in [-0.2, -0.15) is 0 Å². The molecule has 2 amide bonds. The number of amides is 2. The van der Waals surface area contributed by atoms with E-state index >= 15 is 0 Å². The van der Waals surface area contributed by atoms with Gasteiger partial charge in [0.1, 0.15) is 9.98 Å². The number of Topliss-reactive ketones (excluding diaryl/α,β-unsaturated/α-hetero) is 2. The smallest absolute Gasteiger partial charge is 0.304 e. The predicted octanol–water partition coefficient (Wildman–Crippen LogP) is 6.40. The van der Waals surface area contributed by atoms with Gasteiger partial charge in [0, 0.05) is 22.0 Å². The maximum Gasteiger partial charge on any atom is 0.304 e. The lowest BCUT2D eigenvalue weighted by Gasteiger charge is -2.19. The van der Waals surface area contributed by atoms with E-state index in [9.17, 15) is 19.2 Å². The summed E-state index contributed by atoms with van der Waals surface area (Å²) >= 11 is 18.2. The summed E-state index contributed by atoms with van der Waals surface area (Å²) in [6.07, 6.45) is 0. The molecular weight excluding hydrogens is 776 g/mol. The second-order valence-electron chi connectivity index (χ2n) is 10.6. The van der Waals surface area contributed by atoms with Gasteiger partial charge in [0.25, 0.3) is 11.6 Å². The van der Waals surface area contributed by atoms with Crippen molar-refractivity contribution >= 4 is 112 Å². The molecule has 0 radical (unpaired) electrons. The molecule has 0 unspecified atom stereocenters. The van der Waals surface area contributed by atoms with Crippen LogP contribution in [0.15, 0.2) is 129 Å². The molecule has 2 N–H and O–H groups in total. The van der Waals surface area contributed by atoms with Crippen LogP contribution in [0.1, 0.15) is 11.1 Å². The molecule has 0 saturated carbocycles. The molecule has 8 nitrogen and oxygen atoms in total. The summed E-state index contributed by atoms with van der Waals surface area (Å²) in [7, 11) is 0. The zero-order valence-corrected chi connectivity index (χ0v) is 29.7. The van der Waals surface area contributed by atoms with E-state index in [1.165, 1.54) is 9.80 Å². The number of halogens is 2. The molecule has 2 fully saturated rings. The van der Waals surface area contributed by atoms with Crippen LogP contribution < -0.4 is 20.4 Å². The highest BCUT2D eigenvalue weighted by Crippen LogP contribution is 2.32. The number of rotatable bonds is 9. The summed E-state index contributed by atoms with van der Waals surface area (Å²) < 4.78 is 1.64. The first-order valence-corrected chi connectivity index (χ1v) is 17.0. The third kappa shape index (κ3) is 6.44. The van der Waals surface area contributed by atoms with E-state index in [1.807, 2.05) is 60.7 Å². The molecule has 0 aromatic heterocycles. The number of benzene rings is 4. The molecule has 238 valence electrons. The van der Waals surface area contributed by atoms with Crippen LogP contribution in [0.4, 0.5) is 11.4 Å². The average Bonchev–Trinajstić information content (AvgIpc) is 3.45. The van der Waals surface area contributed by atoms with Crippen LogP contribution in [0.2, 0.25) is 0 Å². The molecule has 12 heteroatoms. The molecule has 2 aliphatic heterocycles. The van der Waals surface area contributed by atoms with Gasteiger partial charge in [0.15, 0.2) is 0 Å². The standard InChI is InChI=1S/C36H24Br2N4O4S2/c37-23-11-15-25(16-12-23)41-33(45)31(43)27(35(41)47)29(21-7-3-1-4-8-21)39-19-20-40-30(22-9-5-2-6-10-22)28-32(44)34(46)42(36(28)48)26-17-13-24(38)14-18-26/h1-18,39-40H,19-20H2/b29-27+,30-28+. The fraction of sp³-hybridized carbons (Fsp3) is 0.0556. The Balaban J connectivity index is 1.31. The summed E-state index contributed by atoms with van der Waals surface area (Å²) in [5, 5.41) is 6.62. The molecule has 0 atom stereocenters. The lowest BCUT2D eigenvalue weighted by atomic mass is 10.0. The Morgan fingerprint density at radius 1 is 0.521 bits per heavy atom. The zero-order chi connectivity index (χ0) is 33.9. The minimum Gasteiger partial charge on any atom is -0.382 e. The van der Waals surface area contributed by atoms with Gasteiger partial charge in [-0.3, -0.25) is 29.0 Å². The monoisotopic (exact) mass is 798 g/mol. The van der Waals surface area contributed by atoms with E-state index in [2.05, 4.69) is 42.5 Å². The Morgan fingerprint density at radius 3 is 1.19 bits per heavy atom. The van der Waals surface area contributed by atoms with Gasteiger partial charge in [0.05, 0.1) is 33.9 Å². The number of hydrogen-bond acceptors (Lipinski definition) is 8. The molecule has 6 rings (SSSR count). The second kappa shape index (κ2) is 14.2. The van der Waals surface area contributed by atoms with Crippen molar-refractivity contribution in [3.05, 3.63) is 140 Å². The number of hydrogen-bond donors (Lipinski definition) is 2. The molecule has 2 heterocycles. The maximum absolute atomic E-state index is 13.5. The highest BCUT2D eigenvalue weighted by Gasteiger charge is 2.43. The van der Waals surface area contributed by atoms with Crippen molar-refractivity contribution in [3.63, 3.8) is 0 Å². The number of carbonyl (C=O) groups excluding carboxylic acids is 4. The van der Waals surface area contributed by atoms with Crippen molar-refractivity contribution in [1.82, 2.24) is 10.6 Å². The van der Waals surface area contributed by atoms with Crippen LogP contribution in [0.3, 0.4) is 0 Å². The van der Waals surface area contributed by atoms with E-state index in [-0.39, 0.29) is 34.2 Å². The van der Waals surface area contributed by atoms with Crippen molar-refractivity contribution in [2.24, 2.45) is 0 Å². The summed E-state index contributed by atoms with van der Waals surface area (Å²) in [4.78, 5) is 56.0. The third-order valence-corrected chi connectivity index (χ3v) is 9.44. The van der Waals surface area contributed by atoms with Crippen molar-refractivity contribution in [2.45, 2.75) is 0 Å². The van der Waals surface area contributed by atoms with Gasteiger partial charge in [-0.1, -0.05) is 117 Å². The van der Waals surface area contributed by atoms with Crippen molar-refractivity contribution in [2.75, 3.05) is 22.9 Å². The van der Waals surface area contributed by atoms with Crippen LogP contribution in [-0.4, -0.2) is 46.4 Å². The molecule has 4 aromatic carbocycles. The minimum atomic E-state index is -0.741. The molecule has 0 bridgehead atoms. The van der Waals surface area contributed by atoms with Gasteiger partial charge in [-0.05, 0) is 59.7 Å². The van der Waals surface area contributed by atoms with Gasteiger partial charge in [-0.25, -0.2) is 0 Å². The van der Waals surface area contributed by atoms with E-state index in [0.717, 1.165) is 8.95 Å². The minimum absolute atomic E-state index is 0.0900. The third-order valence-electron chi connectivity index (χ3n) is 7.61. The Morgan fingerprint density at radius 2 is 0.854 bits per heavy atom. The van der Waals surface area contributed by atoms with Gasteiger partial charge >= 0.3 is 11.8 Å². The molecule has 0 aliphatic carbocycles. The molecule has 0 spiro atoms. The van der Waals surface area contributed by atoms with E-state index < -0.39 is 23.4 Å². The number of nitrogens with zero attached hydrogens (tertiary/aromatic N) is 2. The molecule has 2 aliphatic rings. The highest BCUT2D eigenvalue weighted by atomic mass is 79.9. The summed E-state index contributed by atoms with van der Waals surface area (Å²) in [6, 6.07) is 32.2. The fourth-order valence-corrected chi connectivity index (χ4v) is 6.66. The van der Waals surface area contributed by atoms with E-state index in [4.69, 9.17) is 24.4 Å². The topological polar surface area (TPSA) is 98.8 Å². The van der Waals surface area contributed by atoms with Gasteiger partial charge < -0.3 is 10.6 Å². The zero-order valence-electron chi connectivity index (χ0n) is 24.9. The first-order valence-electron chi connectivity index (χ1n) is 14.6. The number of thiocarbonyl (C=S) groups is 2. The summed E-state index contributed by atoms with van der Waals surface area (Å²) in [5.74, 6) is -2.92. The highest BCUT2D eigenvalue weighted by molar-refractivity contribution is 9.10. The lowest BCUT2D eigenvalue weighted by molar-refractivity contribution is -0.132. The number of nitrogens with one attached hydrogen (secondary N) is 2. The van der Waals surface area contributed by atoms with Crippen LogP contribution in [-0.2, 0) is 19.2 Å². The lowest BCUT2D eigenvalue weighted by Crippen LogP contribution is -2.30. The Bertz CT molecular complexity index is 1900. The van der Waals surface area contributed by atoms with Gasteiger partial charge in [0.2, 0.25) is 0 Å². The van der Waals surface area contributed by atoms with Crippen molar-refractivity contribution in [3.8, 4) is 0 Å². The van der Waals surface area contributed by atoms with Crippen LogP contribution in [0.25, 0.3) is 11.4 Å². The summed E-state index contributed by atoms with van der Waals surface area (Å²) in [6.45, 7) is 0.482. The van der Waals surface area contributed by atoms with E-state index in [0.29, 0.717) is 33.9 Å². The Labute approximate surface area is 303 Å². The largest absolute Gasteiger partial charge is 0.382 e. The van der Waals surface area contributed by atoms with Crippen molar-refractivity contribution < 1.29 is 19.2 Å². The number of carbonyl (C=O) groups is 4. The fourth-order valence-electron chi connectivity index (χ4n) is 5.36. The quantitative estimate of drug-likeness (QED) is 0.0870. The number of anilines is 2. The molecule has 2 saturated heterocycles.